The van der Waals surface area contributed by atoms with Gasteiger partial charge in [0.05, 0.1) is 28.9 Å². The number of aromatic nitrogens is 4. The molecule has 252 valence electrons. The van der Waals surface area contributed by atoms with Gasteiger partial charge in [-0.3, -0.25) is 9.69 Å². The quantitative estimate of drug-likeness (QED) is 0.204. The summed E-state index contributed by atoms with van der Waals surface area (Å²) in [4.78, 5) is 40.9. The second-order valence-electron chi connectivity index (χ2n) is 10.8. The molecule has 0 radical (unpaired) electrons. The highest BCUT2D eigenvalue weighted by atomic mass is 32.2. The van der Waals surface area contributed by atoms with E-state index in [0.717, 1.165) is 64.5 Å². The Morgan fingerprint density at radius 1 is 1.04 bits per heavy atom. The van der Waals surface area contributed by atoms with E-state index in [-0.39, 0.29) is 40.0 Å². The lowest BCUT2D eigenvalue weighted by molar-refractivity contribution is -0.274. The number of halogens is 6. The van der Waals surface area contributed by atoms with Crippen molar-refractivity contribution >= 4 is 45.9 Å². The van der Waals surface area contributed by atoms with Gasteiger partial charge in [0.15, 0.2) is 16.8 Å². The van der Waals surface area contributed by atoms with E-state index in [2.05, 4.69) is 30.1 Å². The molecule has 1 saturated heterocycles. The Kier molecular flexibility index (Phi) is 9.39. The molecule has 2 aromatic carbocycles. The number of aliphatic imine (C=N–C) groups is 1. The van der Waals surface area contributed by atoms with Crippen LogP contribution in [0.15, 0.2) is 66.0 Å². The van der Waals surface area contributed by atoms with Crippen molar-refractivity contribution in [3.05, 3.63) is 72.2 Å². The molecule has 3 amide bonds. The zero-order valence-electron chi connectivity index (χ0n) is 25.6. The van der Waals surface area contributed by atoms with Crippen LogP contribution in [0.1, 0.15) is 30.9 Å². The average Bonchev–Trinajstić information content (AvgIpc) is 3.63. The number of amidine groups is 1. The topological polar surface area (TPSA) is 118 Å². The molecule has 0 spiro atoms. The Balaban J connectivity index is 1.40. The summed E-state index contributed by atoms with van der Waals surface area (Å²) in [6.45, 7) is 3.89. The Labute approximate surface area is 273 Å². The van der Waals surface area contributed by atoms with Gasteiger partial charge in [0, 0.05) is 25.3 Å². The predicted molar refractivity (Wildman–Crippen MR) is 168 cm³/mol. The number of pyridine rings is 1. The van der Waals surface area contributed by atoms with Crippen LogP contribution in [-0.2, 0) is 11.0 Å². The second-order valence-corrected chi connectivity index (χ2v) is 11.7. The van der Waals surface area contributed by atoms with Crippen LogP contribution in [0.4, 0.5) is 48.2 Å². The normalized spacial score (nSPS) is 14.6. The zero-order chi connectivity index (χ0) is 35.0. The molecule has 5 rings (SSSR count). The van der Waals surface area contributed by atoms with Gasteiger partial charge in [0.2, 0.25) is 5.91 Å². The minimum Gasteiger partial charge on any atom is -0.404 e. The van der Waals surface area contributed by atoms with E-state index in [1.165, 1.54) is 11.0 Å². The SMILES string of the molecule is CC(C)c1ccc(N(C)C)cc1N1C(=O)CS/C1=N\C(=O)Nc1ccc(-c2ncn(-c3ccc(OC(F)(F)F)cn3)n2)cc1C(F)(F)F. The van der Waals surface area contributed by atoms with Gasteiger partial charge in [-0.2, -0.15) is 18.2 Å². The van der Waals surface area contributed by atoms with Crippen molar-refractivity contribution in [1.82, 2.24) is 19.7 Å². The molecule has 0 saturated carbocycles. The molecule has 0 unspecified atom stereocenters. The minimum atomic E-state index is -4.92. The van der Waals surface area contributed by atoms with E-state index < -0.39 is 35.6 Å². The number of alkyl halides is 6. The molecule has 48 heavy (non-hydrogen) atoms. The van der Waals surface area contributed by atoms with Gasteiger partial charge in [-0.05, 0) is 53.9 Å². The minimum absolute atomic E-state index is 0.00751. The second kappa shape index (κ2) is 13.2. The lowest BCUT2D eigenvalue weighted by Gasteiger charge is -2.24. The molecule has 18 heteroatoms. The van der Waals surface area contributed by atoms with Crippen molar-refractivity contribution in [2.24, 2.45) is 4.99 Å². The fraction of sp³-hybridized carbons (Fsp3) is 0.267. The van der Waals surface area contributed by atoms with Crippen molar-refractivity contribution in [1.29, 1.82) is 0 Å². The number of carbonyl (C=O) groups is 2. The number of thioether (sulfide) groups is 1. The Hall–Kier alpha value is -5.13. The summed E-state index contributed by atoms with van der Waals surface area (Å²) in [6.07, 6.45) is -7.92. The van der Waals surface area contributed by atoms with Gasteiger partial charge in [-0.15, -0.1) is 18.3 Å². The largest absolute Gasteiger partial charge is 0.573 e. The van der Waals surface area contributed by atoms with Gasteiger partial charge in [0.1, 0.15) is 12.1 Å². The fourth-order valence-electron chi connectivity index (χ4n) is 4.64. The number of urea groups is 1. The molecule has 0 atom stereocenters. The Morgan fingerprint density at radius 3 is 2.42 bits per heavy atom. The summed E-state index contributed by atoms with van der Waals surface area (Å²) in [5, 5.41) is 6.27. The third-order valence-electron chi connectivity index (χ3n) is 6.86. The van der Waals surface area contributed by atoms with Gasteiger partial charge in [0.25, 0.3) is 0 Å². The van der Waals surface area contributed by atoms with Crippen molar-refractivity contribution in [2.75, 3.05) is 35.0 Å². The number of hydrogen-bond donors (Lipinski definition) is 1. The first-order chi connectivity index (χ1) is 22.5. The number of nitrogens with one attached hydrogen (secondary N) is 1. The number of hydrogen-bond acceptors (Lipinski definition) is 8. The smallest absolute Gasteiger partial charge is 0.404 e. The lowest BCUT2D eigenvalue weighted by Crippen LogP contribution is -2.31. The third-order valence-corrected chi connectivity index (χ3v) is 7.78. The van der Waals surface area contributed by atoms with Gasteiger partial charge in [-0.1, -0.05) is 31.7 Å². The lowest BCUT2D eigenvalue weighted by atomic mass is 9.99. The fourth-order valence-corrected chi connectivity index (χ4v) is 5.50. The number of amides is 3. The molecular weight excluding hydrogens is 666 g/mol. The maximum atomic E-state index is 14.2. The molecule has 1 fully saturated rings. The van der Waals surface area contributed by atoms with Gasteiger partial charge < -0.3 is 15.0 Å². The van der Waals surface area contributed by atoms with Crippen molar-refractivity contribution in [2.45, 2.75) is 32.3 Å². The first-order valence-electron chi connectivity index (χ1n) is 14.0. The molecule has 4 aromatic rings. The molecule has 3 heterocycles. The number of carbonyl (C=O) groups excluding carboxylic acids is 2. The Bertz CT molecular complexity index is 1870. The van der Waals surface area contributed by atoms with Crippen LogP contribution in [0, 0.1) is 0 Å². The highest BCUT2D eigenvalue weighted by molar-refractivity contribution is 8.15. The van der Waals surface area contributed by atoms with Crippen LogP contribution in [0.5, 0.6) is 5.75 Å². The summed E-state index contributed by atoms with van der Waals surface area (Å²) in [6, 6.07) is 9.56. The van der Waals surface area contributed by atoms with Crippen molar-refractivity contribution in [3.63, 3.8) is 0 Å². The molecule has 0 aliphatic carbocycles. The van der Waals surface area contributed by atoms with E-state index in [1.807, 2.05) is 45.0 Å². The van der Waals surface area contributed by atoms with E-state index in [1.54, 1.807) is 6.07 Å². The molecule has 0 bridgehead atoms. The monoisotopic (exact) mass is 692 g/mol. The molecule has 1 aliphatic heterocycles. The van der Waals surface area contributed by atoms with E-state index in [9.17, 15) is 35.9 Å². The molecular formula is C30H26F6N8O3S. The van der Waals surface area contributed by atoms with Crippen LogP contribution in [0.25, 0.3) is 17.2 Å². The van der Waals surface area contributed by atoms with Crippen LogP contribution in [0.3, 0.4) is 0 Å². The van der Waals surface area contributed by atoms with Crippen molar-refractivity contribution in [3.8, 4) is 23.0 Å². The number of rotatable bonds is 7. The number of benzene rings is 2. The first kappa shape index (κ1) is 34.2. The Morgan fingerprint density at radius 2 is 1.79 bits per heavy atom. The van der Waals surface area contributed by atoms with Crippen LogP contribution in [0.2, 0.25) is 0 Å². The van der Waals surface area contributed by atoms with E-state index in [0.29, 0.717) is 5.69 Å². The maximum Gasteiger partial charge on any atom is 0.573 e. The standard InChI is InChI=1S/C30H26F6N8O3S/c1-16(2)20-8-6-18(42(3)4)12-23(20)44-25(45)14-48-28(44)40-27(46)39-22-9-5-17(11-21(22)29(31,32)33)26-38-15-43(41-26)24-10-7-19(13-37-24)47-30(34,35)36/h5-13,15-16H,14H2,1-4H3,(H,39,46)/b40-28-. The third kappa shape index (κ3) is 7.70. The summed E-state index contributed by atoms with van der Waals surface area (Å²) >= 11 is 0.989. The van der Waals surface area contributed by atoms with Crippen molar-refractivity contribution < 1.29 is 40.7 Å². The number of ether oxygens (including phenoxy) is 1. The van der Waals surface area contributed by atoms with Crippen LogP contribution < -0.4 is 19.9 Å². The van der Waals surface area contributed by atoms with Crippen LogP contribution >= 0.6 is 11.8 Å². The summed E-state index contributed by atoms with van der Waals surface area (Å²) in [7, 11) is 3.66. The maximum absolute atomic E-state index is 14.2. The zero-order valence-corrected chi connectivity index (χ0v) is 26.4. The van der Waals surface area contributed by atoms with Gasteiger partial charge >= 0.3 is 18.6 Å². The number of nitrogens with zero attached hydrogens (tertiary/aromatic N) is 7. The predicted octanol–water partition coefficient (Wildman–Crippen LogP) is 7.10. The highest BCUT2D eigenvalue weighted by Crippen LogP contribution is 2.38. The molecule has 1 aliphatic rings. The summed E-state index contributed by atoms with van der Waals surface area (Å²) < 4.78 is 84.7. The van der Waals surface area contributed by atoms with Crippen LogP contribution in [-0.4, -0.2) is 63.1 Å². The van der Waals surface area contributed by atoms with Gasteiger partial charge in [-0.25, -0.2) is 19.4 Å². The average molecular weight is 693 g/mol. The molecule has 11 nitrogen and oxygen atoms in total. The summed E-state index contributed by atoms with van der Waals surface area (Å²) in [5.41, 5.74) is 0.240. The van der Waals surface area contributed by atoms with E-state index >= 15 is 0 Å². The molecule has 1 N–H and O–H groups in total. The summed E-state index contributed by atoms with van der Waals surface area (Å²) in [5.74, 6) is -1.06. The first-order valence-corrected chi connectivity index (χ1v) is 15.0. The van der Waals surface area contributed by atoms with E-state index in [4.69, 9.17) is 0 Å². The number of anilines is 3. The highest BCUT2D eigenvalue weighted by Gasteiger charge is 2.36. The molecule has 2 aromatic heterocycles.